The normalized spacial score (nSPS) is 14.4. The van der Waals surface area contributed by atoms with Gasteiger partial charge in [-0.2, -0.15) is 0 Å². The summed E-state index contributed by atoms with van der Waals surface area (Å²) in [7, 11) is 0. The number of anilines is 2. The lowest BCUT2D eigenvalue weighted by atomic mass is 10.1. The van der Waals surface area contributed by atoms with Crippen molar-refractivity contribution in [3.05, 3.63) is 52.7 Å². The second kappa shape index (κ2) is 5.74. The lowest BCUT2D eigenvalue weighted by Gasteiger charge is -2.24. The van der Waals surface area contributed by atoms with Gasteiger partial charge in [-0.1, -0.05) is 29.8 Å². The Bertz CT molecular complexity index is 688. The maximum absolute atomic E-state index is 11.2. The number of halogens is 1. The Labute approximate surface area is 128 Å². The van der Waals surface area contributed by atoms with E-state index < -0.39 is 5.97 Å². The number of aromatic nitrogens is 1. The van der Waals surface area contributed by atoms with E-state index in [0.717, 1.165) is 31.5 Å². The molecule has 5 heteroatoms. The molecule has 4 nitrogen and oxygen atoms in total. The van der Waals surface area contributed by atoms with Crippen LogP contribution in [0.25, 0.3) is 0 Å². The Morgan fingerprint density at radius 2 is 2.00 bits per heavy atom. The molecule has 0 saturated heterocycles. The average molecular weight is 303 g/mol. The number of aryl methyl sites for hydroxylation is 1. The molecule has 3 rings (SSSR count). The molecular formula is C16H15ClN2O2. The summed E-state index contributed by atoms with van der Waals surface area (Å²) in [6, 6.07) is 11.6. The van der Waals surface area contributed by atoms with Crippen LogP contribution in [0.5, 0.6) is 0 Å². The summed E-state index contributed by atoms with van der Waals surface area (Å²) in [5.74, 6) is -0.476. The average Bonchev–Trinajstić information content (AvgIpc) is 2.70. The van der Waals surface area contributed by atoms with Crippen LogP contribution in [0.15, 0.2) is 36.4 Å². The molecule has 1 N–H and O–H groups in total. The number of hydrogen-bond acceptors (Lipinski definition) is 3. The molecule has 0 radical (unpaired) electrons. The Morgan fingerprint density at radius 1 is 1.19 bits per heavy atom. The van der Waals surface area contributed by atoms with Crippen LogP contribution >= 0.6 is 11.6 Å². The lowest BCUT2D eigenvalue weighted by molar-refractivity contribution is 0.0691. The van der Waals surface area contributed by atoms with Crippen LogP contribution in [-0.2, 0) is 6.42 Å². The number of nitrogens with zero attached hydrogens (tertiary/aromatic N) is 2. The summed E-state index contributed by atoms with van der Waals surface area (Å²) >= 11 is 5.90. The van der Waals surface area contributed by atoms with Crippen molar-refractivity contribution in [3.8, 4) is 0 Å². The molecule has 21 heavy (non-hydrogen) atoms. The van der Waals surface area contributed by atoms with Gasteiger partial charge in [-0.15, -0.1) is 0 Å². The third-order valence-corrected chi connectivity index (χ3v) is 3.98. The third kappa shape index (κ3) is 2.72. The van der Waals surface area contributed by atoms with Crippen molar-refractivity contribution in [1.29, 1.82) is 0 Å². The molecule has 1 aliphatic rings. The van der Waals surface area contributed by atoms with Crippen molar-refractivity contribution in [3.63, 3.8) is 0 Å². The standard InChI is InChI=1S/C16H15ClN2O2/c17-12-8-9-14(18-15(12)16(20)21)19-10-4-3-6-11-5-1-2-7-13(11)19/h1-2,5,7-9H,3-4,6,10H2,(H,20,21). The van der Waals surface area contributed by atoms with Crippen LogP contribution in [0.4, 0.5) is 11.5 Å². The molecule has 2 aromatic rings. The van der Waals surface area contributed by atoms with Crippen molar-refractivity contribution >= 4 is 29.1 Å². The van der Waals surface area contributed by atoms with Gasteiger partial charge in [-0.3, -0.25) is 0 Å². The van der Waals surface area contributed by atoms with Crippen molar-refractivity contribution in [2.75, 3.05) is 11.4 Å². The summed E-state index contributed by atoms with van der Waals surface area (Å²) in [6.07, 6.45) is 3.19. The molecule has 0 atom stereocenters. The fourth-order valence-corrected chi connectivity index (χ4v) is 2.85. The predicted molar refractivity (Wildman–Crippen MR) is 82.6 cm³/mol. The van der Waals surface area contributed by atoms with E-state index in [9.17, 15) is 9.90 Å². The topological polar surface area (TPSA) is 53.4 Å². The predicted octanol–water partition coefficient (Wildman–Crippen LogP) is 3.91. The highest BCUT2D eigenvalue weighted by atomic mass is 35.5. The third-order valence-electron chi connectivity index (χ3n) is 3.67. The van der Waals surface area contributed by atoms with Crippen molar-refractivity contribution < 1.29 is 9.90 Å². The minimum atomic E-state index is -1.11. The number of benzene rings is 1. The summed E-state index contributed by atoms with van der Waals surface area (Å²) in [5, 5.41) is 9.34. The van der Waals surface area contributed by atoms with E-state index >= 15 is 0 Å². The second-order valence-corrected chi connectivity index (χ2v) is 5.45. The zero-order chi connectivity index (χ0) is 14.8. The van der Waals surface area contributed by atoms with Gasteiger partial charge in [-0.25, -0.2) is 9.78 Å². The minimum Gasteiger partial charge on any atom is -0.476 e. The van der Waals surface area contributed by atoms with E-state index in [1.807, 2.05) is 12.1 Å². The van der Waals surface area contributed by atoms with Crippen LogP contribution in [0.2, 0.25) is 5.02 Å². The van der Waals surface area contributed by atoms with E-state index in [2.05, 4.69) is 22.0 Å². The maximum atomic E-state index is 11.2. The molecule has 0 fully saturated rings. The summed E-state index contributed by atoms with van der Waals surface area (Å²) < 4.78 is 0. The molecule has 0 saturated carbocycles. The number of aromatic carboxylic acids is 1. The molecule has 1 aromatic carbocycles. The van der Waals surface area contributed by atoms with Gasteiger partial charge in [0.2, 0.25) is 0 Å². The number of fused-ring (bicyclic) bond motifs is 1. The summed E-state index contributed by atoms with van der Waals surface area (Å²) in [4.78, 5) is 17.5. The van der Waals surface area contributed by atoms with E-state index in [1.165, 1.54) is 5.56 Å². The largest absolute Gasteiger partial charge is 0.476 e. The fraction of sp³-hybridized carbons (Fsp3) is 0.250. The summed E-state index contributed by atoms with van der Waals surface area (Å²) in [6.45, 7) is 0.824. The quantitative estimate of drug-likeness (QED) is 0.914. The highest BCUT2D eigenvalue weighted by Crippen LogP contribution is 2.32. The zero-order valence-electron chi connectivity index (χ0n) is 11.4. The Kier molecular flexibility index (Phi) is 3.80. The van der Waals surface area contributed by atoms with E-state index in [4.69, 9.17) is 11.6 Å². The Balaban J connectivity index is 2.08. The highest BCUT2D eigenvalue weighted by Gasteiger charge is 2.19. The number of pyridine rings is 1. The number of carboxylic acid groups (broad SMARTS) is 1. The number of carbonyl (C=O) groups is 1. The van der Waals surface area contributed by atoms with Gasteiger partial charge in [0.05, 0.1) is 5.02 Å². The van der Waals surface area contributed by atoms with E-state index in [0.29, 0.717) is 5.82 Å². The van der Waals surface area contributed by atoms with Gasteiger partial charge in [0.1, 0.15) is 5.82 Å². The minimum absolute atomic E-state index is 0.101. The number of hydrogen-bond donors (Lipinski definition) is 1. The monoisotopic (exact) mass is 302 g/mol. The molecule has 108 valence electrons. The van der Waals surface area contributed by atoms with Gasteiger partial charge in [0.15, 0.2) is 5.69 Å². The first-order valence-electron chi connectivity index (χ1n) is 6.92. The summed E-state index contributed by atoms with van der Waals surface area (Å²) in [5.41, 5.74) is 2.26. The molecule has 1 aliphatic heterocycles. The highest BCUT2D eigenvalue weighted by molar-refractivity contribution is 6.33. The smallest absolute Gasteiger partial charge is 0.356 e. The zero-order valence-corrected chi connectivity index (χ0v) is 12.2. The molecule has 0 bridgehead atoms. The first-order chi connectivity index (χ1) is 10.2. The van der Waals surface area contributed by atoms with Crippen LogP contribution < -0.4 is 4.90 Å². The Morgan fingerprint density at radius 3 is 2.81 bits per heavy atom. The van der Waals surface area contributed by atoms with Crippen molar-refractivity contribution in [1.82, 2.24) is 4.98 Å². The molecule has 0 aliphatic carbocycles. The molecular weight excluding hydrogens is 288 g/mol. The molecule has 0 unspecified atom stereocenters. The molecule has 2 heterocycles. The number of rotatable bonds is 2. The molecule has 0 amide bonds. The van der Waals surface area contributed by atoms with Crippen LogP contribution in [0.1, 0.15) is 28.9 Å². The van der Waals surface area contributed by atoms with Crippen molar-refractivity contribution in [2.45, 2.75) is 19.3 Å². The molecule has 0 spiro atoms. The van der Waals surface area contributed by atoms with Crippen LogP contribution in [0, 0.1) is 0 Å². The SMILES string of the molecule is O=C(O)c1nc(N2CCCCc3ccccc32)ccc1Cl. The van der Waals surface area contributed by atoms with Gasteiger partial charge < -0.3 is 10.0 Å². The Hall–Kier alpha value is -2.07. The first kappa shape index (κ1) is 13.9. The van der Waals surface area contributed by atoms with E-state index in [1.54, 1.807) is 12.1 Å². The number of para-hydroxylation sites is 1. The maximum Gasteiger partial charge on any atom is 0.356 e. The van der Waals surface area contributed by atoms with Gasteiger partial charge in [0.25, 0.3) is 0 Å². The van der Waals surface area contributed by atoms with Crippen molar-refractivity contribution in [2.24, 2.45) is 0 Å². The van der Waals surface area contributed by atoms with Crippen LogP contribution in [-0.4, -0.2) is 22.6 Å². The van der Waals surface area contributed by atoms with Gasteiger partial charge in [0, 0.05) is 12.2 Å². The fourth-order valence-electron chi connectivity index (χ4n) is 2.66. The van der Waals surface area contributed by atoms with Gasteiger partial charge in [-0.05, 0) is 43.0 Å². The molecule has 1 aromatic heterocycles. The second-order valence-electron chi connectivity index (χ2n) is 5.04. The lowest BCUT2D eigenvalue weighted by Crippen LogP contribution is -2.20. The first-order valence-corrected chi connectivity index (χ1v) is 7.30. The van der Waals surface area contributed by atoms with E-state index in [-0.39, 0.29) is 10.7 Å². The van der Waals surface area contributed by atoms with Gasteiger partial charge >= 0.3 is 5.97 Å². The number of carboxylic acids is 1. The van der Waals surface area contributed by atoms with Crippen LogP contribution in [0.3, 0.4) is 0 Å².